The Hall–Kier alpha value is -2.14. The first-order valence-electron chi connectivity index (χ1n) is 5.66. The Balaban J connectivity index is 2.29. The van der Waals surface area contributed by atoms with Gasteiger partial charge in [0.25, 0.3) is 0 Å². The lowest BCUT2D eigenvalue weighted by Gasteiger charge is -2.02. The molecule has 0 fully saturated rings. The molecule has 18 heavy (non-hydrogen) atoms. The number of hydrogen-bond acceptors (Lipinski definition) is 4. The number of methoxy groups -OCH3 is 1. The van der Waals surface area contributed by atoms with Gasteiger partial charge >= 0.3 is 5.97 Å². The van der Waals surface area contributed by atoms with Crippen molar-refractivity contribution in [3.8, 4) is 11.1 Å². The van der Waals surface area contributed by atoms with Crippen molar-refractivity contribution in [2.75, 3.05) is 13.7 Å². The lowest BCUT2D eigenvalue weighted by Crippen LogP contribution is -2.09. The molecule has 5 nitrogen and oxygen atoms in total. The van der Waals surface area contributed by atoms with E-state index in [2.05, 4.69) is 5.10 Å². The van der Waals surface area contributed by atoms with Crippen molar-refractivity contribution in [3.63, 3.8) is 0 Å². The molecule has 0 atom stereocenters. The first kappa shape index (κ1) is 12.3. The molecule has 2 rings (SSSR count). The molecule has 2 N–H and O–H groups in total. The maximum absolute atomic E-state index is 11.4. The highest BCUT2D eigenvalue weighted by atomic mass is 16.5. The number of nitrogens with two attached hydrogens (primary N) is 1. The molecule has 94 valence electrons. The van der Waals surface area contributed by atoms with Gasteiger partial charge in [-0.1, -0.05) is 12.1 Å². The summed E-state index contributed by atoms with van der Waals surface area (Å²) in [5.41, 5.74) is 7.88. The maximum Gasteiger partial charge on any atom is 0.337 e. The monoisotopic (exact) mass is 245 g/mol. The highest BCUT2D eigenvalue weighted by Gasteiger charge is 2.07. The molecule has 0 unspecified atom stereocenters. The van der Waals surface area contributed by atoms with Crippen LogP contribution >= 0.6 is 0 Å². The third-order valence-electron chi connectivity index (χ3n) is 2.61. The molecule has 0 amide bonds. The van der Waals surface area contributed by atoms with Crippen molar-refractivity contribution in [1.82, 2.24) is 9.78 Å². The van der Waals surface area contributed by atoms with Crippen LogP contribution in [0.15, 0.2) is 36.7 Å². The van der Waals surface area contributed by atoms with Crippen molar-refractivity contribution in [2.45, 2.75) is 6.54 Å². The van der Waals surface area contributed by atoms with Gasteiger partial charge in [0, 0.05) is 18.3 Å². The second kappa shape index (κ2) is 5.46. The van der Waals surface area contributed by atoms with Crippen LogP contribution in [0.25, 0.3) is 11.1 Å². The van der Waals surface area contributed by atoms with Gasteiger partial charge in [-0.2, -0.15) is 5.10 Å². The van der Waals surface area contributed by atoms with E-state index in [0.717, 1.165) is 11.1 Å². The average molecular weight is 245 g/mol. The van der Waals surface area contributed by atoms with E-state index < -0.39 is 0 Å². The summed E-state index contributed by atoms with van der Waals surface area (Å²) in [6.07, 6.45) is 3.66. The number of hydrogen-bond donors (Lipinski definition) is 1. The summed E-state index contributed by atoms with van der Waals surface area (Å²) in [4.78, 5) is 11.4. The minimum Gasteiger partial charge on any atom is -0.465 e. The molecule has 0 saturated heterocycles. The van der Waals surface area contributed by atoms with E-state index in [1.165, 1.54) is 7.11 Å². The van der Waals surface area contributed by atoms with Crippen molar-refractivity contribution in [2.24, 2.45) is 5.73 Å². The fraction of sp³-hybridized carbons (Fsp3) is 0.231. The Kier molecular flexibility index (Phi) is 3.74. The van der Waals surface area contributed by atoms with Crippen LogP contribution in [0, 0.1) is 0 Å². The Morgan fingerprint density at radius 2 is 2.28 bits per heavy atom. The van der Waals surface area contributed by atoms with Gasteiger partial charge in [-0.25, -0.2) is 4.79 Å². The highest BCUT2D eigenvalue weighted by Crippen LogP contribution is 2.20. The van der Waals surface area contributed by atoms with Gasteiger partial charge < -0.3 is 10.5 Å². The zero-order valence-corrected chi connectivity index (χ0v) is 10.2. The standard InChI is InChI=1S/C13H15N3O2/c1-18-13(17)11-4-2-3-10(7-11)12-8-15-16(9-12)6-5-14/h2-4,7-9H,5-6,14H2,1H3. The van der Waals surface area contributed by atoms with E-state index in [1.807, 2.05) is 18.3 Å². The molecule has 0 aliphatic carbocycles. The highest BCUT2D eigenvalue weighted by molar-refractivity contribution is 5.90. The van der Waals surface area contributed by atoms with Crippen LogP contribution < -0.4 is 5.73 Å². The van der Waals surface area contributed by atoms with Gasteiger partial charge in [-0.15, -0.1) is 0 Å². The second-order valence-corrected chi connectivity index (χ2v) is 3.85. The SMILES string of the molecule is COC(=O)c1cccc(-c2cnn(CCN)c2)c1. The number of benzene rings is 1. The molecule has 0 saturated carbocycles. The topological polar surface area (TPSA) is 70.1 Å². The second-order valence-electron chi connectivity index (χ2n) is 3.85. The van der Waals surface area contributed by atoms with Gasteiger partial charge in [-0.05, 0) is 17.7 Å². The van der Waals surface area contributed by atoms with Gasteiger partial charge in [0.2, 0.25) is 0 Å². The molecular weight excluding hydrogens is 230 g/mol. The van der Waals surface area contributed by atoms with Gasteiger partial charge in [0.05, 0.1) is 25.4 Å². The Bertz CT molecular complexity index is 549. The molecule has 0 spiro atoms. The number of carbonyl (C=O) groups is 1. The number of carbonyl (C=O) groups excluding carboxylic acids is 1. The van der Waals surface area contributed by atoms with E-state index >= 15 is 0 Å². The largest absolute Gasteiger partial charge is 0.465 e. The summed E-state index contributed by atoms with van der Waals surface area (Å²) >= 11 is 0. The van der Waals surface area contributed by atoms with Crippen LogP contribution in [-0.4, -0.2) is 29.4 Å². The minimum atomic E-state index is -0.341. The number of ether oxygens (including phenoxy) is 1. The zero-order valence-electron chi connectivity index (χ0n) is 10.2. The third kappa shape index (κ3) is 2.57. The number of esters is 1. The quantitative estimate of drug-likeness (QED) is 0.824. The number of nitrogens with zero attached hydrogens (tertiary/aromatic N) is 2. The van der Waals surface area contributed by atoms with E-state index in [1.54, 1.807) is 23.0 Å². The van der Waals surface area contributed by atoms with Crippen molar-refractivity contribution in [1.29, 1.82) is 0 Å². The van der Waals surface area contributed by atoms with Crippen molar-refractivity contribution in [3.05, 3.63) is 42.2 Å². The summed E-state index contributed by atoms with van der Waals surface area (Å²) in [6.45, 7) is 1.22. The molecule has 1 heterocycles. The van der Waals surface area contributed by atoms with Gasteiger partial charge in [0.15, 0.2) is 0 Å². The van der Waals surface area contributed by atoms with Crippen LogP contribution in [0.5, 0.6) is 0 Å². The lowest BCUT2D eigenvalue weighted by atomic mass is 10.1. The predicted molar refractivity (Wildman–Crippen MR) is 68.1 cm³/mol. The summed E-state index contributed by atoms with van der Waals surface area (Å²) < 4.78 is 6.47. The first-order valence-corrected chi connectivity index (χ1v) is 5.66. The average Bonchev–Trinajstić information content (AvgIpc) is 2.87. The summed E-state index contributed by atoms with van der Waals surface area (Å²) in [5, 5.41) is 4.20. The summed E-state index contributed by atoms with van der Waals surface area (Å²) in [5.74, 6) is -0.341. The van der Waals surface area contributed by atoms with Crippen LogP contribution in [-0.2, 0) is 11.3 Å². The number of aromatic nitrogens is 2. The number of rotatable bonds is 4. The van der Waals surface area contributed by atoms with Gasteiger partial charge in [-0.3, -0.25) is 4.68 Å². The van der Waals surface area contributed by atoms with E-state index in [0.29, 0.717) is 18.7 Å². The smallest absolute Gasteiger partial charge is 0.337 e. The Morgan fingerprint density at radius 3 is 3.00 bits per heavy atom. The Morgan fingerprint density at radius 1 is 1.44 bits per heavy atom. The molecule has 1 aromatic heterocycles. The molecule has 0 radical (unpaired) electrons. The van der Waals surface area contributed by atoms with E-state index in [-0.39, 0.29) is 5.97 Å². The molecule has 0 bridgehead atoms. The molecule has 2 aromatic rings. The fourth-order valence-corrected chi connectivity index (χ4v) is 1.71. The van der Waals surface area contributed by atoms with E-state index in [9.17, 15) is 4.79 Å². The van der Waals surface area contributed by atoms with Crippen molar-refractivity contribution >= 4 is 5.97 Å². The summed E-state index contributed by atoms with van der Waals surface area (Å²) in [6, 6.07) is 7.26. The molecule has 0 aliphatic rings. The van der Waals surface area contributed by atoms with E-state index in [4.69, 9.17) is 10.5 Å². The lowest BCUT2D eigenvalue weighted by molar-refractivity contribution is 0.0601. The zero-order chi connectivity index (χ0) is 13.0. The third-order valence-corrected chi connectivity index (χ3v) is 2.61. The molecule has 5 heteroatoms. The minimum absolute atomic E-state index is 0.341. The Labute approximate surface area is 105 Å². The molecule has 0 aliphatic heterocycles. The fourth-order valence-electron chi connectivity index (χ4n) is 1.71. The van der Waals surface area contributed by atoms with Gasteiger partial charge in [0.1, 0.15) is 0 Å². The molecular formula is C13H15N3O2. The normalized spacial score (nSPS) is 10.3. The molecule has 1 aromatic carbocycles. The van der Waals surface area contributed by atoms with Crippen LogP contribution in [0.3, 0.4) is 0 Å². The van der Waals surface area contributed by atoms with Crippen LogP contribution in [0.2, 0.25) is 0 Å². The van der Waals surface area contributed by atoms with Crippen LogP contribution in [0.4, 0.5) is 0 Å². The predicted octanol–water partition coefficient (Wildman–Crippen LogP) is 1.30. The first-order chi connectivity index (χ1) is 8.74. The van der Waals surface area contributed by atoms with Crippen molar-refractivity contribution < 1.29 is 9.53 Å². The maximum atomic E-state index is 11.4. The summed E-state index contributed by atoms with van der Waals surface area (Å²) in [7, 11) is 1.37. The van der Waals surface area contributed by atoms with Crippen LogP contribution in [0.1, 0.15) is 10.4 Å².